The standard InChI is InChI=1S/C21H25F5O5/c1-2-3-13-8-27-18(28-9-13)5-4-14-10-29-20(30-11-14)15-6-16(22)19(17(23)7-15)31-12-21(24,25)26/h2-3,6-7,13-14,18,20H,4-5,8-12H2,1H3/b3-2+. The summed E-state index contributed by atoms with van der Waals surface area (Å²) in [5, 5.41) is 0. The average molecular weight is 452 g/mol. The number of benzene rings is 1. The van der Waals surface area contributed by atoms with Crippen LogP contribution in [0, 0.1) is 23.5 Å². The Bertz CT molecular complexity index is 715. The minimum Gasteiger partial charge on any atom is -0.478 e. The molecule has 0 radical (unpaired) electrons. The summed E-state index contributed by atoms with van der Waals surface area (Å²) in [6.07, 6.45) is -0.611. The fourth-order valence-electron chi connectivity index (χ4n) is 3.39. The van der Waals surface area contributed by atoms with E-state index < -0.39 is 36.5 Å². The van der Waals surface area contributed by atoms with Crippen LogP contribution in [0.15, 0.2) is 24.3 Å². The zero-order valence-electron chi connectivity index (χ0n) is 17.0. The summed E-state index contributed by atoms with van der Waals surface area (Å²) in [5.74, 6) is -3.28. The maximum atomic E-state index is 14.0. The van der Waals surface area contributed by atoms with Gasteiger partial charge in [-0.15, -0.1) is 0 Å². The van der Waals surface area contributed by atoms with Gasteiger partial charge in [0.05, 0.1) is 26.4 Å². The smallest absolute Gasteiger partial charge is 0.422 e. The van der Waals surface area contributed by atoms with E-state index in [-0.39, 0.29) is 23.7 Å². The van der Waals surface area contributed by atoms with Gasteiger partial charge < -0.3 is 23.7 Å². The molecule has 174 valence electrons. The van der Waals surface area contributed by atoms with Gasteiger partial charge in [-0.3, -0.25) is 0 Å². The largest absolute Gasteiger partial charge is 0.478 e. The molecular formula is C21H25F5O5. The second-order valence-electron chi connectivity index (χ2n) is 7.54. The molecule has 0 saturated carbocycles. The van der Waals surface area contributed by atoms with Crippen LogP contribution in [-0.2, 0) is 18.9 Å². The fourth-order valence-corrected chi connectivity index (χ4v) is 3.39. The van der Waals surface area contributed by atoms with Crippen molar-refractivity contribution in [2.24, 2.45) is 11.8 Å². The summed E-state index contributed by atoms with van der Waals surface area (Å²) in [6.45, 7) is 1.97. The molecule has 0 aliphatic carbocycles. The Morgan fingerprint density at radius 2 is 1.58 bits per heavy atom. The van der Waals surface area contributed by atoms with Crippen molar-refractivity contribution in [1.29, 1.82) is 0 Å². The third-order valence-corrected chi connectivity index (χ3v) is 4.91. The molecule has 2 aliphatic rings. The lowest BCUT2D eigenvalue weighted by Crippen LogP contribution is -2.33. The first kappa shape index (κ1) is 23.9. The van der Waals surface area contributed by atoms with Gasteiger partial charge in [0.1, 0.15) is 0 Å². The van der Waals surface area contributed by atoms with E-state index in [0.29, 0.717) is 32.8 Å². The Labute approximate surface area is 177 Å². The van der Waals surface area contributed by atoms with E-state index in [1.54, 1.807) is 0 Å². The van der Waals surface area contributed by atoms with E-state index in [0.717, 1.165) is 18.6 Å². The first-order valence-electron chi connectivity index (χ1n) is 10.0. The zero-order chi connectivity index (χ0) is 22.4. The molecule has 0 unspecified atom stereocenters. The Balaban J connectivity index is 1.45. The van der Waals surface area contributed by atoms with Crippen LogP contribution in [0.2, 0.25) is 0 Å². The molecule has 31 heavy (non-hydrogen) atoms. The number of hydrogen-bond donors (Lipinski definition) is 0. The molecule has 0 N–H and O–H groups in total. The van der Waals surface area contributed by atoms with Crippen LogP contribution in [0.3, 0.4) is 0 Å². The molecular weight excluding hydrogens is 427 g/mol. The van der Waals surface area contributed by atoms with Crippen LogP contribution >= 0.6 is 0 Å². The predicted octanol–water partition coefficient (Wildman–Crippen LogP) is 4.91. The van der Waals surface area contributed by atoms with Crippen LogP contribution < -0.4 is 4.74 Å². The van der Waals surface area contributed by atoms with E-state index in [9.17, 15) is 22.0 Å². The highest BCUT2D eigenvalue weighted by atomic mass is 19.4. The lowest BCUT2D eigenvalue weighted by molar-refractivity contribution is -0.217. The van der Waals surface area contributed by atoms with Crippen molar-refractivity contribution < 1.29 is 45.6 Å². The van der Waals surface area contributed by atoms with E-state index in [1.807, 2.05) is 19.1 Å². The van der Waals surface area contributed by atoms with Gasteiger partial charge in [-0.1, -0.05) is 12.2 Å². The van der Waals surface area contributed by atoms with Crippen molar-refractivity contribution in [2.45, 2.75) is 38.5 Å². The lowest BCUT2D eigenvalue weighted by atomic mass is 10.0. The Morgan fingerprint density at radius 1 is 0.968 bits per heavy atom. The summed E-state index contributed by atoms with van der Waals surface area (Å²) in [6, 6.07) is 1.70. The topological polar surface area (TPSA) is 46.2 Å². The van der Waals surface area contributed by atoms with Crippen LogP contribution in [0.4, 0.5) is 22.0 Å². The van der Waals surface area contributed by atoms with Gasteiger partial charge in [0.2, 0.25) is 0 Å². The van der Waals surface area contributed by atoms with Crippen molar-refractivity contribution in [2.75, 3.05) is 33.0 Å². The van der Waals surface area contributed by atoms with Crippen LogP contribution in [0.1, 0.15) is 31.6 Å². The van der Waals surface area contributed by atoms with Crippen molar-refractivity contribution in [3.8, 4) is 5.75 Å². The fraction of sp³-hybridized carbons (Fsp3) is 0.619. The van der Waals surface area contributed by atoms with Gasteiger partial charge in [0.15, 0.2) is 36.6 Å². The zero-order valence-corrected chi connectivity index (χ0v) is 17.0. The number of alkyl halides is 3. The average Bonchev–Trinajstić information content (AvgIpc) is 2.72. The first-order valence-corrected chi connectivity index (χ1v) is 10.0. The molecule has 0 bridgehead atoms. The van der Waals surface area contributed by atoms with Crippen molar-refractivity contribution in [3.05, 3.63) is 41.5 Å². The molecule has 3 rings (SSSR count). The van der Waals surface area contributed by atoms with E-state index in [1.165, 1.54) is 0 Å². The number of ether oxygens (including phenoxy) is 5. The summed E-state index contributed by atoms with van der Waals surface area (Å²) >= 11 is 0. The quantitative estimate of drug-likeness (QED) is 0.435. The van der Waals surface area contributed by atoms with E-state index in [4.69, 9.17) is 18.9 Å². The highest BCUT2D eigenvalue weighted by Crippen LogP contribution is 2.32. The number of rotatable bonds is 7. The van der Waals surface area contributed by atoms with Gasteiger partial charge in [-0.05, 0) is 31.9 Å². The molecule has 2 fully saturated rings. The third-order valence-electron chi connectivity index (χ3n) is 4.91. The van der Waals surface area contributed by atoms with Crippen molar-refractivity contribution in [1.82, 2.24) is 0 Å². The van der Waals surface area contributed by atoms with Crippen LogP contribution in [0.5, 0.6) is 5.75 Å². The molecule has 0 atom stereocenters. The third kappa shape index (κ3) is 7.13. The van der Waals surface area contributed by atoms with Crippen LogP contribution in [-0.4, -0.2) is 45.5 Å². The van der Waals surface area contributed by atoms with Gasteiger partial charge in [-0.25, -0.2) is 8.78 Å². The number of allylic oxidation sites excluding steroid dienone is 1. The summed E-state index contributed by atoms with van der Waals surface area (Å²) in [7, 11) is 0. The predicted molar refractivity (Wildman–Crippen MR) is 99.3 cm³/mol. The minimum absolute atomic E-state index is 0.0294. The maximum Gasteiger partial charge on any atom is 0.422 e. The van der Waals surface area contributed by atoms with Gasteiger partial charge in [0.25, 0.3) is 0 Å². The molecule has 1 aromatic carbocycles. The van der Waals surface area contributed by atoms with Gasteiger partial charge in [-0.2, -0.15) is 13.2 Å². The monoisotopic (exact) mass is 452 g/mol. The van der Waals surface area contributed by atoms with Crippen LogP contribution in [0.25, 0.3) is 0 Å². The Kier molecular flexibility index (Phi) is 8.26. The molecule has 1 aromatic rings. The van der Waals surface area contributed by atoms with Crippen molar-refractivity contribution >= 4 is 0 Å². The molecule has 10 heteroatoms. The molecule has 2 saturated heterocycles. The second kappa shape index (κ2) is 10.7. The Morgan fingerprint density at radius 3 is 2.13 bits per heavy atom. The minimum atomic E-state index is -4.70. The molecule has 2 heterocycles. The highest BCUT2D eigenvalue weighted by molar-refractivity contribution is 5.32. The highest BCUT2D eigenvalue weighted by Gasteiger charge is 2.31. The summed E-state index contributed by atoms with van der Waals surface area (Å²) in [4.78, 5) is 0. The first-order chi connectivity index (χ1) is 14.7. The Hall–Kier alpha value is -1.75. The van der Waals surface area contributed by atoms with E-state index in [2.05, 4.69) is 4.74 Å². The molecule has 2 aliphatic heterocycles. The SMILES string of the molecule is C/C=C/C1COC(CCC2COC(c3cc(F)c(OCC(F)(F)F)c(F)c3)OC2)OC1. The summed E-state index contributed by atoms with van der Waals surface area (Å²) in [5.41, 5.74) is 0.0294. The number of halogens is 5. The summed E-state index contributed by atoms with van der Waals surface area (Å²) < 4.78 is 91.4. The molecule has 0 amide bonds. The molecule has 0 aromatic heterocycles. The molecule has 0 spiro atoms. The maximum absolute atomic E-state index is 14.0. The van der Waals surface area contributed by atoms with E-state index >= 15 is 0 Å². The second-order valence-corrected chi connectivity index (χ2v) is 7.54. The lowest BCUT2D eigenvalue weighted by Gasteiger charge is -2.32. The van der Waals surface area contributed by atoms with Gasteiger partial charge >= 0.3 is 6.18 Å². The normalized spacial score (nSPS) is 27.5. The number of hydrogen-bond acceptors (Lipinski definition) is 5. The molecule has 5 nitrogen and oxygen atoms in total. The van der Waals surface area contributed by atoms with Crippen molar-refractivity contribution in [3.63, 3.8) is 0 Å². The van der Waals surface area contributed by atoms with Gasteiger partial charge in [0, 0.05) is 17.4 Å².